The second-order valence-electron chi connectivity index (χ2n) is 5.10. The number of rotatable bonds is 5. The Morgan fingerprint density at radius 2 is 2.06 bits per heavy atom. The van der Waals surface area contributed by atoms with Gasteiger partial charge in [-0.15, -0.1) is 0 Å². The van der Waals surface area contributed by atoms with E-state index >= 15 is 0 Å². The van der Waals surface area contributed by atoms with Gasteiger partial charge in [-0.25, -0.2) is 0 Å². The van der Waals surface area contributed by atoms with Crippen LogP contribution in [-0.4, -0.2) is 16.3 Å². The van der Waals surface area contributed by atoms with Crippen LogP contribution in [0.5, 0.6) is 0 Å². The molecule has 2 atom stereocenters. The topological polar surface area (TPSA) is 40.5 Å². The van der Waals surface area contributed by atoms with E-state index in [0.29, 0.717) is 12.3 Å². The molecule has 17 heavy (non-hydrogen) atoms. The van der Waals surface area contributed by atoms with Crippen molar-refractivity contribution >= 4 is 0 Å². The molecular formula is C15H22O2. The highest BCUT2D eigenvalue weighted by Crippen LogP contribution is 2.37. The summed E-state index contributed by atoms with van der Waals surface area (Å²) in [6.07, 6.45) is 3.99. The summed E-state index contributed by atoms with van der Waals surface area (Å²) in [7, 11) is 0. The summed E-state index contributed by atoms with van der Waals surface area (Å²) >= 11 is 0. The summed E-state index contributed by atoms with van der Waals surface area (Å²) in [5.41, 5.74) is 2.17. The van der Waals surface area contributed by atoms with Crippen molar-refractivity contribution in [1.82, 2.24) is 0 Å². The highest BCUT2D eigenvalue weighted by Gasteiger charge is 2.22. The standard InChI is InChI=1S/C15H22O2/c1-2-5-14(16)15(17)13-9-4-8-12(10-13)11-6-3-7-11/h4,8-11,14-17H,2-3,5-7H2,1H3. The van der Waals surface area contributed by atoms with Crippen LogP contribution in [0.2, 0.25) is 0 Å². The zero-order chi connectivity index (χ0) is 12.3. The molecule has 1 fully saturated rings. The van der Waals surface area contributed by atoms with Crippen LogP contribution in [0.25, 0.3) is 0 Å². The van der Waals surface area contributed by atoms with Gasteiger partial charge in [0.1, 0.15) is 6.10 Å². The third-order valence-electron chi connectivity index (χ3n) is 3.78. The lowest BCUT2D eigenvalue weighted by atomic mass is 9.79. The molecule has 0 spiro atoms. The molecule has 1 aromatic carbocycles. The lowest BCUT2D eigenvalue weighted by molar-refractivity contribution is 0.0130. The summed E-state index contributed by atoms with van der Waals surface area (Å²) < 4.78 is 0. The molecule has 0 radical (unpaired) electrons. The Morgan fingerprint density at radius 1 is 1.29 bits per heavy atom. The molecule has 94 valence electrons. The predicted octanol–water partition coefficient (Wildman–Crippen LogP) is 3.15. The SMILES string of the molecule is CCCC(O)C(O)c1cccc(C2CCC2)c1. The quantitative estimate of drug-likeness (QED) is 0.821. The Hall–Kier alpha value is -0.860. The van der Waals surface area contributed by atoms with Gasteiger partial charge < -0.3 is 10.2 Å². The summed E-state index contributed by atoms with van der Waals surface area (Å²) in [5.74, 6) is 0.672. The molecule has 2 unspecified atom stereocenters. The highest BCUT2D eigenvalue weighted by atomic mass is 16.3. The zero-order valence-corrected chi connectivity index (χ0v) is 10.5. The van der Waals surface area contributed by atoms with Gasteiger partial charge in [-0.1, -0.05) is 44.0 Å². The van der Waals surface area contributed by atoms with E-state index in [9.17, 15) is 10.2 Å². The molecule has 1 aromatic rings. The van der Waals surface area contributed by atoms with Gasteiger partial charge in [0.15, 0.2) is 0 Å². The molecule has 0 bridgehead atoms. The molecule has 0 aliphatic heterocycles. The Bertz CT molecular complexity index is 358. The fourth-order valence-corrected chi connectivity index (χ4v) is 2.41. The van der Waals surface area contributed by atoms with E-state index < -0.39 is 12.2 Å². The van der Waals surface area contributed by atoms with Crippen LogP contribution in [0, 0.1) is 0 Å². The Morgan fingerprint density at radius 3 is 2.65 bits per heavy atom. The third-order valence-corrected chi connectivity index (χ3v) is 3.78. The van der Waals surface area contributed by atoms with Crippen LogP contribution in [-0.2, 0) is 0 Å². The lowest BCUT2D eigenvalue weighted by Crippen LogP contribution is -2.18. The molecule has 2 heteroatoms. The Kier molecular flexibility index (Phi) is 4.19. The first-order chi connectivity index (χ1) is 8.22. The van der Waals surface area contributed by atoms with Crippen molar-refractivity contribution in [2.45, 2.75) is 57.2 Å². The van der Waals surface area contributed by atoms with Crippen LogP contribution in [0.4, 0.5) is 0 Å². The molecule has 0 saturated heterocycles. The minimum Gasteiger partial charge on any atom is -0.390 e. The highest BCUT2D eigenvalue weighted by molar-refractivity contribution is 5.29. The van der Waals surface area contributed by atoms with E-state index in [2.05, 4.69) is 12.1 Å². The van der Waals surface area contributed by atoms with Gasteiger partial charge in [0.05, 0.1) is 6.10 Å². The third kappa shape index (κ3) is 2.88. The van der Waals surface area contributed by atoms with Gasteiger partial charge in [0.25, 0.3) is 0 Å². The Balaban J connectivity index is 2.09. The number of aliphatic hydroxyl groups excluding tert-OH is 2. The molecule has 2 rings (SSSR count). The van der Waals surface area contributed by atoms with Crippen molar-refractivity contribution in [3.63, 3.8) is 0 Å². The first-order valence-electron chi connectivity index (χ1n) is 6.68. The molecular weight excluding hydrogens is 212 g/mol. The Labute approximate surface area is 103 Å². The first-order valence-corrected chi connectivity index (χ1v) is 6.68. The van der Waals surface area contributed by atoms with Crippen LogP contribution in [0.15, 0.2) is 24.3 Å². The van der Waals surface area contributed by atoms with Crippen molar-refractivity contribution in [2.24, 2.45) is 0 Å². The lowest BCUT2D eigenvalue weighted by Gasteiger charge is -2.27. The molecule has 2 N–H and O–H groups in total. The van der Waals surface area contributed by atoms with Gasteiger partial charge in [-0.2, -0.15) is 0 Å². The zero-order valence-electron chi connectivity index (χ0n) is 10.5. The largest absolute Gasteiger partial charge is 0.390 e. The van der Waals surface area contributed by atoms with Crippen LogP contribution in [0.3, 0.4) is 0 Å². The molecule has 1 aliphatic carbocycles. The van der Waals surface area contributed by atoms with Crippen molar-refractivity contribution in [1.29, 1.82) is 0 Å². The van der Waals surface area contributed by atoms with Crippen LogP contribution < -0.4 is 0 Å². The van der Waals surface area contributed by atoms with Gasteiger partial charge in [-0.3, -0.25) is 0 Å². The second-order valence-corrected chi connectivity index (χ2v) is 5.10. The van der Waals surface area contributed by atoms with Gasteiger partial charge in [-0.05, 0) is 36.3 Å². The fourth-order valence-electron chi connectivity index (χ4n) is 2.41. The minimum atomic E-state index is -0.741. The predicted molar refractivity (Wildman–Crippen MR) is 68.9 cm³/mol. The fraction of sp³-hybridized carbons (Fsp3) is 0.600. The molecule has 0 aromatic heterocycles. The number of aliphatic hydroxyl groups is 2. The van der Waals surface area contributed by atoms with E-state index in [4.69, 9.17) is 0 Å². The molecule has 1 saturated carbocycles. The number of hydrogen-bond acceptors (Lipinski definition) is 2. The van der Waals surface area contributed by atoms with Crippen LogP contribution in [0.1, 0.15) is 62.2 Å². The molecule has 0 amide bonds. The van der Waals surface area contributed by atoms with E-state index in [1.807, 2.05) is 19.1 Å². The molecule has 2 nitrogen and oxygen atoms in total. The minimum absolute atomic E-state index is 0.642. The summed E-state index contributed by atoms with van der Waals surface area (Å²) in [6.45, 7) is 2.01. The average molecular weight is 234 g/mol. The van der Waals surface area contributed by atoms with Gasteiger partial charge >= 0.3 is 0 Å². The van der Waals surface area contributed by atoms with Crippen molar-refractivity contribution in [2.75, 3.05) is 0 Å². The average Bonchev–Trinajstić information content (AvgIpc) is 2.26. The maximum atomic E-state index is 10.1. The number of benzene rings is 1. The molecule has 0 heterocycles. The van der Waals surface area contributed by atoms with E-state index in [1.54, 1.807) is 0 Å². The van der Waals surface area contributed by atoms with Crippen molar-refractivity contribution in [3.05, 3.63) is 35.4 Å². The summed E-state index contributed by atoms with van der Waals surface area (Å²) in [4.78, 5) is 0. The smallest absolute Gasteiger partial charge is 0.105 e. The summed E-state index contributed by atoms with van der Waals surface area (Å²) in [6, 6.07) is 8.09. The second kappa shape index (κ2) is 5.65. The summed E-state index contributed by atoms with van der Waals surface area (Å²) in [5, 5.41) is 19.9. The van der Waals surface area contributed by atoms with E-state index in [1.165, 1.54) is 24.8 Å². The van der Waals surface area contributed by atoms with E-state index in [0.717, 1.165) is 12.0 Å². The molecule has 1 aliphatic rings. The van der Waals surface area contributed by atoms with Crippen molar-refractivity contribution in [3.8, 4) is 0 Å². The van der Waals surface area contributed by atoms with E-state index in [-0.39, 0.29) is 0 Å². The maximum absolute atomic E-state index is 10.1. The first kappa shape index (κ1) is 12.6. The normalized spacial score (nSPS) is 19.7. The van der Waals surface area contributed by atoms with Gasteiger partial charge in [0, 0.05) is 0 Å². The van der Waals surface area contributed by atoms with Crippen LogP contribution >= 0.6 is 0 Å². The number of hydrogen-bond donors (Lipinski definition) is 2. The van der Waals surface area contributed by atoms with Crippen molar-refractivity contribution < 1.29 is 10.2 Å². The maximum Gasteiger partial charge on any atom is 0.105 e. The monoisotopic (exact) mass is 234 g/mol. The van der Waals surface area contributed by atoms with Gasteiger partial charge in [0.2, 0.25) is 0 Å².